The Morgan fingerprint density at radius 2 is 1.92 bits per heavy atom. The Bertz CT molecular complexity index is 135. The number of likely N-dealkylation sites (N-methyl/N-ethyl adjacent to an activating group) is 1. The first-order valence-corrected chi connectivity index (χ1v) is 5.32. The molecule has 0 aromatic carbocycles. The molecule has 78 valence electrons. The van der Waals surface area contributed by atoms with Crippen molar-refractivity contribution in [3.63, 3.8) is 0 Å². The van der Waals surface area contributed by atoms with Crippen molar-refractivity contribution in [2.75, 3.05) is 32.7 Å². The minimum Gasteiger partial charge on any atom is -0.393 e. The zero-order chi connectivity index (χ0) is 10.1. The lowest BCUT2D eigenvalue weighted by molar-refractivity contribution is 0.303. The fourth-order valence-electron chi connectivity index (χ4n) is 1.11. The summed E-state index contributed by atoms with van der Waals surface area (Å²) in [5, 5.41) is 3.31. The van der Waals surface area contributed by atoms with E-state index in [-0.39, 0.29) is 0 Å². The fourth-order valence-corrected chi connectivity index (χ4v) is 1.22. The average Bonchev–Trinajstić information content (AvgIpc) is 2.11. The molecule has 0 rings (SSSR count). The number of nitrogens with zero attached hydrogens (tertiary/aromatic N) is 1. The van der Waals surface area contributed by atoms with E-state index < -0.39 is 0 Å². The predicted molar refractivity (Wildman–Crippen MR) is 62.1 cm³/mol. The molecule has 13 heavy (non-hydrogen) atoms. The van der Waals surface area contributed by atoms with Crippen molar-refractivity contribution in [2.45, 2.75) is 20.3 Å². The van der Waals surface area contributed by atoms with E-state index in [1.54, 1.807) is 0 Å². The summed E-state index contributed by atoms with van der Waals surface area (Å²) in [5.74, 6) is 0. The Kier molecular flexibility index (Phi) is 8.29. The lowest BCUT2D eigenvalue weighted by atomic mass is 10.4. The number of nitrogens with two attached hydrogens (primary N) is 1. The molecule has 0 radical (unpaired) electrons. The molecule has 0 fully saturated rings. The van der Waals surface area contributed by atoms with E-state index in [9.17, 15) is 0 Å². The van der Waals surface area contributed by atoms with Gasteiger partial charge in [0.2, 0.25) is 0 Å². The first-order valence-electron chi connectivity index (χ1n) is 4.92. The van der Waals surface area contributed by atoms with Gasteiger partial charge in [-0.05, 0) is 13.1 Å². The van der Waals surface area contributed by atoms with E-state index in [1.807, 2.05) is 0 Å². The van der Waals surface area contributed by atoms with Gasteiger partial charge in [-0.3, -0.25) is 0 Å². The zero-order valence-electron chi connectivity index (χ0n) is 8.68. The highest BCUT2D eigenvalue weighted by Crippen LogP contribution is 1.84. The molecule has 0 spiro atoms. The fraction of sp³-hybridized carbons (Fsp3) is 0.889. The van der Waals surface area contributed by atoms with Crippen molar-refractivity contribution in [1.82, 2.24) is 10.2 Å². The Morgan fingerprint density at radius 3 is 2.38 bits per heavy atom. The summed E-state index contributed by atoms with van der Waals surface area (Å²) in [7, 11) is 0. The number of hydrogen-bond acceptors (Lipinski definition) is 3. The highest BCUT2D eigenvalue weighted by molar-refractivity contribution is 7.80. The van der Waals surface area contributed by atoms with Gasteiger partial charge in [-0.1, -0.05) is 26.1 Å². The SMILES string of the molecule is CCN(CC)CCNCCC(N)=S. The topological polar surface area (TPSA) is 41.3 Å². The second-order valence-corrected chi connectivity index (χ2v) is 3.52. The highest BCUT2D eigenvalue weighted by Gasteiger charge is 1.97. The second kappa shape index (κ2) is 8.41. The Labute approximate surface area is 86.7 Å². The Hall–Kier alpha value is -0.190. The zero-order valence-corrected chi connectivity index (χ0v) is 9.49. The van der Waals surface area contributed by atoms with Gasteiger partial charge in [0.25, 0.3) is 0 Å². The molecule has 0 atom stereocenters. The molecule has 0 unspecified atom stereocenters. The first-order chi connectivity index (χ1) is 6.20. The molecule has 3 N–H and O–H groups in total. The minimum atomic E-state index is 0.593. The van der Waals surface area contributed by atoms with E-state index in [4.69, 9.17) is 18.0 Å². The number of rotatable bonds is 8. The van der Waals surface area contributed by atoms with Crippen molar-refractivity contribution in [3.8, 4) is 0 Å². The van der Waals surface area contributed by atoms with E-state index in [1.165, 1.54) is 0 Å². The van der Waals surface area contributed by atoms with Crippen LogP contribution in [0.4, 0.5) is 0 Å². The van der Waals surface area contributed by atoms with Crippen molar-refractivity contribution >= 4 is 17.2 Å². The van der Waals surface area contributed by atoms with Gasteiger partial charge in [0.05, 0.1) is 4.99 Å². The molecule has 0 amide bonds. The van der Waals surface area contributed by atoms with E-state index in [0.717, 1.165) is 39.1 Å². The number of hydrogen-bond donors (Lipinski definition) is 2. The molecule has 0 aliphatic heterocycles. The van der Waals surface area contributed by atoms with Crippen LogP contribution in [0.25, 0.3) is 0 Å². The van der Waals surface area contributed by atoms with E-state index in [0.29, 0.717) is 4.99 Å². The third kappa shape index (κ3) is 8.15. The average molecular weight is 203 g/mol. The van der Waals surface area contributed by atoms with Gasteiger partial charge in [-0.25, -0.2) is 0 Å². The summed E-state index contributed by atoms with van der Waals surface area (Å²) in [6.07, 6.45) is 0.799. The van der Waals surface area contributed by atoms with E-state index >= 15 is 0 Å². The molecule has 0 saturated heterocycles. The summed E-state index contributed by atoms with van der Waals surface area (Å²) in [4.78, 5) is 2.98. The normalized spacial score (nSPS) is 10.7. The standard InChI is InChI=1S/C9H21N3S/c1-3-12(4-2)8-7-11-6-5-9(10)13/h11H,3-8H2,1-2H3,(H2,10,13). The van der Waals surface area contributed by atoms with Crippen LogP contribution in [0.2, 0.25) is 0 Å². The summed E-state index contributed by atoms with van der Waals surface area (Å²) in [6, 6.07) is 0. The molecule has 0 bridgehead atoms. The maximum absolute atomic E-state index is 5.37. The van der Waals surface area contributed by atoms with Gasteiger partial charge in [0, 0.05) is 26.1 Å². The minimum absolute atomic E-state index is 0.593. The van der Waals surface area contributed by atoms with Crippen molar-refractivity contribution < 1.29 is 0 Å². The molecular formula is C9H21N3S. The molecule has 3 nitrogen and oxygen atoms in total. The molecular weight excluding hydrogens is 182 g/mol. The third-order valence-electron chi connectivity index (χ3n) is 2.05. The van der Waals surface area contributed by atoms with Crippen molar-refractivity contribution in [3.05, 3.63) is 0 Å². The Morgan fingerprint density at radius 1 is 1.31 bits per heavy atom. The molecule has 4 heteroatoms. The maximum atomic E-state index is 5.37. The van der Waals surface area contributed by atoms with Crippen LogP contribution in [0.15, 0.2) is 0 Å². The van der Waals surface area contributed by atoms with Gasteiger partial charge in [-0.15, -0.1) is 0 Å². The summed E-state index contributed by atoms with van der Waals surface area (Å²) < 4.78 is 0. The van der Waals surface area contributed by atoms with Crippen LogP contribution >= 0.6 is 12.2 Å². The Balaban J connectivity index is 3.19. The van der Waals surface area contributed by atoms with Crippen molar-refractivity contribution in [1.29, 1.82) is 0 Å². The molecule has 0 heterocycles. The van der Waals surface area contributed by atoms with Crippen molar-refractivity contribution in [2.24, 2.45) is 5.73 Å². The monoisotopic (exact) mass is 203 g/mol. The smallest absolute Gasteiger partial charge is 0.0740 e. The van der Waals surface area contributed by atoms with Gasteiger partial charge in [-0.2, -0.15) is 0 Å². The lowest BCUT2D eigenvalue weighted by Crippen LogP contribution is -2.33. The van der Waals surface area contributed by atoms with Crippen LogP contribution in [0, 0.1) is 0 Å². The van der Waals surface area contributed by atoms with Crippen LogP contribution < -0.4 is 11.1 Å². The first kappa shape index (κ1) is 12.8. The molecule has 0 aliphatic rings. The van der Waals surface area contributed by atoms with Gasteiger partial charge in [0.1, 0.15) is 0 Å². The van der Waals surface area contributed by atoms with Crippen LogP contribution in [-0.4, -0.2) is 42.6 Å². The summed E-state index contributed by atoms with van der Waals surface area (Å²) in [6.45, 7) is 9.61. The number of thiocarbonyl (C=S) groups is 1. The molecule has 0 aliphatic carbocycles. The second-order valence-electron chi connectivity index (χ2n) is 2.99. The van der Waals surface area contributed by atoms with Crippen LogP contribution in [-0.2, 0) is 0 Å². The van der Waals surface area contributed by atoms with Gasteiger partial charge < -0.3 is 16.0 Å². The van der Waals surface area contributed by atoms with Gasteiger partial charge in [0.15, 0.2) is 0 Å². The molecule has 0 saturated carbocycles. The largest absolute Gasteiger partial charge is 0.393 e. The lowest BCUT2D eigenvalue weighted by Gasteiger charge is -2.17. The van der Waals surface area contributed by atoms with Crippen LogP contribution in [0.1, 0.15) is 20.3 Å². The number of nitrogens with one attached hydrogen (secondary N) is 1. The van der Waals surface area contributed by atoms with Crippen LogP contribution in [0.3, 0.4) is 0 Å². The van der Waals surface area contributed by atoms with Gasteiger partial charge >= 0.3 is 0 Å². The molecule has 0 aromatic rings. The summed E-state index contributed by atoms with van der Waals surface area (Å²) >= 11 is 4.77. The highest BCUT2D eigenvalue weighted by atomic mass is 32.1. The molecule has 0 aromatic heterocycles. The van der Waals surface area contributed by atoms with E-state index in [2.05, 4.69) is 24.1 Å². The predicted octanol–water partition coefficient (Wildman–Crippen LogP) is 0.594. The van der Waals surface area contributed by atoms with Crippen LogP contribution in [0.5, 0.6) is 0 Å². The maximum Gasteiger partial charge on any atom is 0.0740 e. The summed E-state index contributed by atoms with van der Waals surface area (Å²) in [5.41, 5.74) is 5.37. The third-order valence-corrected chi connectivity index (χ3v) is 2.25. The quantitative estimate of drug-likeness (QED) is 0.448.